The Morgan fingerprint density at radius 2 is 1.79 bits per heavy atom. The molecule has 2 aliphatic rings. The van der Waals surface area contributed by atoms with E-state index in [1.54, 1.807) is 19.1 Å². The molecule has 0 amide bonds. The van der Waals surface area contributed by atoms with E-state index in [-0.39, 0.29) is 0 Å². The van der Waals surface area contributed by atoms with Crippen molar-refractivity contribution in [2.45, 2.75) is 18.7 Å². The van der Waals surface area contributed by atoms with Gasteiger partial charge in [-0.15, -0.1) is 0 Å². The van der Waals surface area contributed by atoms with E-state index in [1.807, 2.05) is 49.4 Å². The Morgan fingerprint density at radius 1 is 1.10 bits per heavy atom. The first-order valence-corrected chi connectivity index (χ1v) is 9.54. The molecular weight excluding hydrogens is 392 g/mol. The lowest BCUT2D eigenvalue weighted by atomic mass is 9.79. The van der Waals surface area contributed by atoms with Gasteiger partial charge in [0.25, 0.3) is 0 Å². The van der Waals surface area contributed by atoms with Crippen molar-refractivity contribution >= 4 is 29.0 Å². The first-order chi connectivity index (χ1) is 14.0. The maximum atomic E-state index is 12.9. The third-order valence-electron chi connectivity index (χ3n) is 5.49. The van der Waals surface area contributed by atoms with Gasteiger partial charge >= 0.3 is 5.97 Å². The Labute approximate surface area is 174 Å². The molecule has 0 saturated carbocycles. The average Bonchev–Trinajstić information content (AvgIpc) is 2.72. The van der Waals surface area contributed by atoms with Crippen LogP contribution in [0.5, 0.6) is 17.2 Å². The number of fused-ring (bicyclic) bond motifs is 4. The zero-order valence-electron chi connectivity index (χ0n) is 16.6. The maximum Gasteiger partial charge on any atom is 0.317 e. The molecule has 1 saturated heterocycles. The summed E-state index contributed by atoms with van der Waals surface area (Å²) in [6.45, 7) is 1.83. The summed E-state index contributed by atoms with van der Waals surface area (Å²) in [6.07, 6.45) is 0. The Morgan fingerprint density at radius 3 is 2.48 bits per heavy atom. The van der Waals surface area contributed by atoms with Crippen LogP contribution in [-0.4, -0.2) is 38.1 Å². The Hall–Kier alpha value is -3.00. The Kier molecular flexibility index (Phi) is 4.74. The van der Waals surface area contributed by atoms with Crippen LogP contribution in [0.3, 0.4) is 0 Å². The van der Waals surface area contributed by atoms with Gasteiger partial charge in [-0.05, 0) is 37.3 Å². The van der Waals surface area contributed by atoms with E-state index in [1.165, 1.54) is 7.11 Å². The van der Waals surface area contributed by atoms with E-state index in [0.717, 1.165) is 5.56 Å². The number of hydrogen-bond donors (Lipinski definition) is 1. The summed E-state index contributed by atoms with van der Waals surface area (Å²) in [7, 11) is 4.54. The molecule has 0 aliphatic carbocycles. The standard InChI is InChI=1S/C21H22N2O5S/c1-21-16(19(24)27-4)17(12-8-7-11-15(26-3)18(12)28-21)22-20(29)23(21)13-9-5-6-10-14(13)25-2/h5-11,16-17H,1-4H3,(H,22,29)/t16-,17+,21+/m1/s1. The molecular formula is C21H22N2O5S. The highest BCUT2D eigenvalue weighted by Crippen LogP contribution is 2.53. The molecule has 3 atom stereocenters. The quantitative estimate of drug-likeness (QED) is 0.605. The van der Waals surface area contributed by atoms with Crippen molar-refractivity contribution in [3.8, 4) is 17.2 Å². The lowest BCUT2D eigenvalue weighted by molar-refractivity contribution is -0.157. The molecule has 0 spiro atoms. The van der Waals surface area contributed by atoms with E-state index in [4.69, 9.17) is 31.2 Å². The van der Waals surface area contributed by atoms with Crippen molar-refractivity contribution in [2.24, 2.45) is 5.92 Å². The summed E-state index contributed by atoms with van der Waals surface area (Å²) in [4.78, 5) is 14.7. The summed E-state index contributed by atoms with van der Waals surface area (Å²) < 4.78 is 22.7. The van der Waals surface area contributed by atoms with Crippen LogP contribution in [0.1, 0.15) is 18.5 Å². The number of carbonyl (C=O) groups excluding carboxylic acids is 1. The first kappa shape index (κ1) is 19.3. The molecule has 0 radical (unpaired) electrons. The van der Waals surface area contributed by atoms with Gasteiger partial charge in [-0.1, -0.05) is 24.3 Å². The molecule has 1 N–H and O–H groups in total. The molecule has 2 heterocycles. The fraction of sp³-hybridized carbons (Fsp3) is 0.333. The fourth-order valence-corrected chi connectivity index (χ4v) is 4.60. The predicted molar refractivity (Wildman–Crippen MR) is 111 cm³/mol. The second-order valence-corrected chi connectivity index (χ2v) is 7.36. The SMILES string of the molecule is COC(=O)[C@H]1[C@H]2NC(=S)N(c3ccccc3OC)[C@@]1(C)Oc1c(OC)cccc12. The summed E-state index contributed by atoms with van der Waals surface area (Å²) in [5.74, 6) is 0.660. The van der Waals surface area contributed by atoms with Gasteiger partial charge in [0.1, 0.15) is 11.7 Å². The summed E-state index contributed by atoms with van der Waals surface area (Å²) in [5.41, 5.74) is 0.302. The number of methoxy groups -OCH3 is 3. The molecule has 152 valence electrons. The highest BCUT2D eigenvalue weighted by Gasteiger charge is 2.60. The van der Waals surface area contributed by atoms with Crippen molar-refractivity contribution in [2.75, 3.05) is 26.2 Å². The van der Waals surface area contributed by atoms with Crippen LogP contribution in [0.4, 0.5) is 5.69 Å². The second kappa shape index (κ2) is 7.11. The van der Waals surface area contributed by atoms with Gasteiger partial charge in [-0.25, -0.2) is 0 Å². The van der Waals surface area contributed by atoms with Crippen LogP contribution < -0.4 is 24.4 Å². The maximum absolute atomic E-state index is 12.9. The molecule has 2 bridgehead atoms. The van der Waals surface area contributed by atoms with E-state index in [9.17, 15) is 4.79 Å². The fourth-order valence-electron chi connectivity index (χ4n) is 4.20. The average molecular weight is 414 g/mol. The van der Waals surface area contributed by atoms with Crippen LogP contribution in [0.25, 0.3) is 0 Å². The van der Waals surface area contributed by atoms with Gasteiger partial charge in [0.2, 0.25) is 5.72 Å². The first-order valence-electron chi connectivity index (χ1n) is 9.13. The molecule has 2 aromatic rings. The smallest absolute Gasteiger partial charge is 0.317 e. The number of rotatable bonds is 4. The van der Waals surface area contributed by atoms with Crippen molar-refractivity contribution < 1.29 is 23.7 Å². The van der Waals surface area contributed by atoms with Gasteiger partial charge in [0.15, 0.2) is 16.6 Å². The van der Waals surface area contributed by atoms with E-state index < -0.39 is 23.7 Å². The lowest BCUT2D eigenvalue weighted by Gasteiger charge is -2.55. The molecule has 0 aromatic heterocycles. The third kappa shape index (κ3) is 2.78. The zero-order chi connectivity index (χ0) is 20.8. The summed E-state index contributed by atoms with van der Waals surface area (Å²) >= 11 is 5.70. The number of thiocarbonyl (C=S) groups is 1. The van der Waals surface area contributed by atoms with Crippen LogP contribution in [0.2, 0.25) is 0 Å². The molecule has 29 heavy (non-hydrogen) atoms. The number of carbonyl (C=O) groups is 1. The minimum Gasteiger partial charge on any atom is -0.495 e. The lowest BCUT2D eigenvalue weighted by Crippen LogP contribution is -2.71. The molecule has 4 rings (SSSR count). The van der Waals surface area contributed by atoms with Crippen LogP contribution in [-0.2, 0) is 9.53 Å². The second-order valence-electron chi connectivity index (χ2n) is 6.97. The van der Waals surface area contributed by atoms with Gasteiger partial charge in [-0.2, -0.15) is 0 Å². The number of hydrogen-bond acceptors (Lipinski definition) is 6. The number of anilines is 1. The van der Waals surface area contributed by atoms with E-state index >= 15 is 0 Å². The molecule has 1 fully saturated rings. The highest BCUT2D eigenvalue weighted by atomic mass is 32.1. The molecule has 7 nitrogen and oxygen atoms in total. The number of nitrogens with zero attached hydrogens (tertiary/aromatic N) is 1. The Bertz CT molecular complexity index is 981. The number of esters is 1. The van der Waals surface area contributed by atoms with E-state index in [0.29, 0.717) is 28.0 Å². The molecule has 0 unspecified atom stereocenters. The van der Waals surface area contributed by atoms with Gasteiger partial charge in [0.05, 0.1) is 33.1 Å². The third-order valence-corrected chi connectivity index (χ3v) is 5.79. The minimum atomic E-state index is -1.17. The van der Waals surface area contributed by atoms with Crippen molar-refractivity contribution in [1.29, 1.82) is 0 Å². The largest absolute Gasteiger partial charge is 0.495 e. The molecule has 8 heteroatoms. The predicted octanol–water partition coefficient (Wildman–Crippen LogP) is 3.04. The van der Waals surface area contributed by atoms with Gasteiger partial charge in [-0.3, -0.25) is 9.69 Å². The van der Waals surface area contributed by atoms with Crippen LogP contribution in [0.15, 0.2) is 42.5 Å². The van der Waals surface area contributed by atoms with E-state index in [2.05, 4.69) is 5.32 Å². The van der Waals surface area contributed by atoms with Gasteiger partial charge in [0, 0.05) is 5.56 Å². The number of para-hydroxylation sites is 3. The van der Waals surface area contributed by atoms with Crippen LogP contribution in [0, 0.1) is 5.92 Å². The normalized spacial score (nSPS) is 24.7. The molecule has 2 aromatic carbocycles. The summed E-state index contributed by atoms with van der Waals surface area (Å²) in [5, 5.41) is 3.74. The minimum absolute atomic E-state index is 0.402. The number of ether oxygens (including phenoxy) is 4. The summed E-state index contributed by atoms with van der Waals surface area (Å²) in [6, 6.07) is 12.6. The topological polar surface area (TPSA) is 69.3 Å². The number of benzene rings is 2. The van der Waals surface area contributed by atoms with Crippen molar-refractivity contribution in [3.63, 3.8) is 0 Å². The monoisotopic (exact) mass is 414 g/mol. The van der Waals surface area contributed by atoms with Crippen molar-refractivity contribution in [1.82, 2.24) is 5.32 Å². The zero-order valence-corrected chi connectivity index (χ0v) is 17.4. The Balaban J connectivity index is 1.96. The van der Waals surface area contributed by atoms with Crippen LogP contribution >= 0.6 is 12.2 Å². The molecule has 2 aliphatic heterocycles. The number of nitrogens with one attached hydrogen (secondary N) is 1. The van der Waals surface area contributed by atoms with Crippen molar-refractivity contribution in [3.05, 3.63) is 48.0 Å². The van der Waals surface area contributed by atoms with Gasteiger partial charge < -0.3 is 24.3 Å². The highest BCUT2D eigenvalue weighted by molar-refractivity contribution is 7.80.